The van der Waals surface area contributed by atoms with Gasteiger partial charge in [0, 0.05) is 37.3 Å². The van der Waals surface area contributed by atoms with Crippen molar-refractivity contribution >= 4 is 17.4 Å². The molecule has 1 atom stereocenters. The predicted octanol–water partition coefficient (Wildman–Crippen LogP) is 5.25. The Labute approximate surface area is 237 Å². The first kappa shape index (κ1) is 28.8. The number of fused-ring (bicyclic) bond motifs is 1. The fourth-order valence-corrected chi connectivity index (χ4v) is 5.32. The van der Waals surface area contributed by atoms with Crippen LogP contribution in [0.1, 0.15) is 49.4 Å². The molecule has 1 aromatic carbocycles. The summed E-state index contributed by atoms with van der Waals surface area (Å²) >= 11 is 0. The number of hydrogen-bond donors (Lipinski definition) is 0. The minimum atomic E-state index is -3.09. The number of halogens is 2. The van der Waals surface area contributed by atoms with Crippen LogP contribution in [0.3, 0.4) is 0 Å². The molecule has 0 spiro atoms. The average molecular weight is 572 g/mol. The SMILES string of the molecule is CCOC(=O)C1CCCN(CCOc2ccn3c(-c4cc(OC)c(C(=O)CC5CC5)c(OC(F)F)c4)cnc3c2)C1. The molecule has 1 saturated heterocycles. The summed E-state index contributed by atoms with van der Waals surface area (Å²) in [6.45, 7) is 1.81. The summed E-state index contributed by atoms with van der Waals surface area (Å²) in [7, 11) is 1.40. The van der Waals surface area contributed by atoms with E-state index in [1.807, 2.05) is 6.92 Å². The second-order valence-electron chi connectivity index (χ2n) is 10.5. The van der Waals surface area contributed by atoms with Crippen LogP contribution in [0.5, 0.6) is 17.2 Å². The van der Waals surface area contributed by atoms with Gasteiger partial charge in [-0.15, -0.1) is 0 Å². The zero-order chi connectivity index (χ0) is 28.9. The Hall–Kier alpha value is -3.73. The number of ketones is 1. The number of piperidine rings is 1. The molecule has 3 aromatic rings. The summed E-state index contributed by atoms with van der Waals surface area (Å²) < 4.78 is 49.9. The number of carbonyl (C=O) groups is 2. The molecule has 11 heteroatoms. The van der Waals surface area contributed by atoms with Crippen LogP contribution in [-0.2, 0) is 9.53 Å². The summed E-state index contributed by atoms with van der Waals surface area (Å²) in [6.07, 6.45) is 7.38. The van der Waals surface area contributed by atoms with Gasteiger partial charge in [-0.05, 0) is 63.3 Å². The lowest BCUT2D eigenvalue weighted by Crippen LogP contribution is -2.41. The van der Waals surface area contributed by atoms with E-state index in [4.69, 9.17) is 18.9 Å². The van der Waals surface area contributed by atoms with Crippen LogP contribution in [0.25, 0.3) is 16.9 Å². The van der Waals surface area contributed by atoms with Gasteiger partial charge in [0.2, 0.25) is 0 Å². The number of likely N-dealkylation sites (tertiary alicyclic amines) is 1. The number of pyridine rings is 1. The van der Waals surface area contributed by atoms with E-state index in [1.54, 1.807) is 35.0 Å². The molecule has 1 saturated carbocycles. The summed E-state index contributed by atoms with van der Waals surface area (Å²) in [5.74, 6) is 0.381. The van der Waals surface area contributed by atoms with Gasteiger partial charge in [0.05, 0.1) is 31.5 Å². The normalized spacial score (nSPS) is 17.5. The number of imidazole rings is 1. The number of benzene rings is 1. The Kier molecular flexibility index (Phi) is 9.02. The summed E-state index contributed by atoms with van der Waals surface area (Å²) in [5.41, 5.74) is 1.77. The molecular formula is C30H35F2N3O6. The smallest absolute Gasteiger partial charge is 0.387 e. The molecule has 3 heterocycles. The highest BCUT2D eigenvalue weighted by atomic mass is 19.3. The maximum Gasteiger partial charge on any atom is 0.387 e. The van der Waals surface area contributed by atoms with Crippen LogP contribution in [-0.4, -0.2) is 72.6 Å². The Morgan fingerprint density at radius 1 is 1.15 bits per heavy atom. The number of ether oxygens (including phenoxy) is 4. The quantitative estimate of drug-likeness (QED) is 0.203. The van der Waals surface area contributed by atoms with Crippen molar-refractivity contribution in [1.82, 2.24) is 14.3 Å². The molecule has 1 unspecified atom stereocenters. The molecule has 1 aliphatic carbocycles. The van der Waals surface area contributed by atoms with E-state index in [2.05, 4.69) is 9.88 Å². The number of alkyl halides is 2. The third kappa shape index (κ3) is 6.95. The molecule has 0 radical (unpaired) electrons. The van der Waals surface area contributed by atoms with Crippen molar-refractivity contribution in [1.29, 1.82) is 0 Å². The number of carbonyl (C=O) groups excluding carboxylic acids is 2. The first-order valence-electron chi connectivity index (χ1n) is 14.1. The molecular weight excluding hydrogens is 536 g/mol. The molecule has 0 bridgehead atoms. The predicted molar refractivity (Wildman–Crippen MR) is 147 cm³/mol. The first-order valence-corrected chi connectivity index (χ1v) is 14.1. The Bertz CT molecular complexity index is 1390. The van der Waals surface area contributed by atoms with E-state index in [1.165, 1.54) is 13.2 Å². The second-order valence-corrected chi connectivity index (χ2v) is 10.5. The van der Waals surface area contributed by atoms with E-state index < -0.39 is 6.61 Å². The minimum Gasteiger partial charge on any atom is -0.496 e. The number of methoxy groups -OCH3 is 1. The fourth-order valence-electron chi connectivity index (χ4n) is 5.32. The summed E-state index contributed by atoms with van der Waals surface area (Å²) in [5, 5.41) is 0. The molecule has 220 valence electrons. The maximum atomic E-state index is 13.3. The van der Waals surface area contributed by atoms with E-state index in [0.717, 1.165) is 32.2 Å². The van der Waals surface area contributed by atoms with Crippen LogP contribution in [0.4, 0.5) is 8.78 Å². The van der Waals surface area contributed by atoms with Crippen LogP contribution in [0.15, 0.2) is 36.7 Å². The fraction of sp³-hybridized carbons (Fsp3) is 0.500. The van der Waals surface area contributed by atoms with Crippen molar-refractivity contribution < 1.29 is 37.3 Å². The number of Topliss-reactive ketones (excluding diaryl/α,β-unsaturated/α-hetero) is 1. The Morgan fingerprint density at radius 2 is 1.95 bits per heavy atom. The lowest BCUT2D eigenvalue weighted by atomic mass is 9.98. The van der Waals surface area contributed by atoms with Crippen LogP contribution < -0.4 is 14.2 Å². The zero-order valence-corrected chi connectivity index (χ0v) is 23.3. The van der Waals surface area contributed by atoms with Crippen molar-refractivity contribution in [2.24, 2.45) is 11.8 Å². The molecule has 0 amide bonds. The summed E-state index contributed by atoms with van der Waals surface area (Å²) in [6, 6.07) is 6.68. The van der Waals surface area contributed by atoms with E-state index in [-0.39, 0.29) is 47.1 Å². The third-order valence-corrected chi connectivity index (χ3v) is 7.53. The van der Waals surface area contributed by atoms with Gasteiger partial charge in [-0.2, -0.15) is 8.78 Å². The molecule has 2 aromatic heterocycles. The highest BCUT2D eigenvalue weighted by molar-refractivity contribution is 6.02. The Morgan fingerprint density at radius 3 is 2.68 bits per heavy atom. The van der Waals surface area contributed by atoms with Gasteiger partial charge < -0.3 is 18.9 Å². The summed E-state index contributed by atoms with van der Waals surface area (Å²) in [4.78, 5) is 31.7. The average Bonchev–Trinajstić information content (AvgIpc) is 3.67. The standard InChI is InChI=1S/C30H35F2N3O6/c1-3-39-29(37)20-5-4-9-34(18-20)11-12-40-22-8-10-35-23(17-33-27(35)16-22)21-14-25(38-2)28(24(36)13-19-6-7-19)26(15-21)41-30(31)32/h8,10,14-17,19-20,30H,3-7,9,11-13,18H2,1-2H3. The molecule has 41 heavy (non-hydrogen) atoms. The largest absolute Gasteiger partial charge is 0.496 e. The number of esters is 1. The van der Waals surface area contributed by atoms with Crippen molar-refractivity contribution in [3.8, 4) is 28.5 Å². The van der Waals surface area contributed by atoms with Gasteiger partial charge in [-0.25, -0.2) is 4.98 Å². The Balaban J connectivity index is 1.30. The number of rotatable bonds is 13. The van der Waals surface area contributed by atoms with E-state index >= 15 is 0 Å². The highest BCUT2D eigenvalue weighted by Gasteiger charge is 2.30. The minimum absolute atomic E-state index is 0.0373. The molecule has 5 rings (SSSR count). The maximum absolute atomic E-state index is 13.3. The monoisotopic (exact) mass is 571 g/mol. The van der Waals surface area contributed by atoms with Crippen molar-refractivity contribution in [3.63, 3.8) is 0 Å². The second kappa shape index (κ2) is 12.8. The van der Waals surface area contributed by atoms with Gasteiger partial charge >= 0.3 is 12.6 Å². The highest BCUT2D eigenvalue weighted by Crippen LogP contribution is 2.40. The molecule has 1 aliphatic heterocycles. The number of nitrogens with zero attached hydrogens (tertiary/aromatic N) is 3. The lowest BCUT2D eigenvalue weighted by molar-refractivity contribution is -0.150. The van der Waals surface area contributed by atoms with Gasteiger partial charge in [0.1, 0.15) is 35.1 Å². The molecule has 2 aliphatic rings. The van der Waals surface area contributed by atoms with Gasteiger partial charge in [0.25, 0.3) is 0 Å². The molecule has 2 fully saturated rings. The van der Waals surface area contributed by atoms with Gasteiger partial charge in [0.15, 0.2) is 5.78 Å². The van der Waals surface area contributed by atoms with Gasteiger partial charge in [-0.3, -0.25) is 18.9 Å². The zero-order valence-electron chi connectivity index (χ0n) is 23.3. The van der Waals surface area contributed by atoms with Crippen LogP contribution >= 0.6 is 0 Å². The first-order chi connectivity index (χ1) is 19.9. The van der Waals surface area contributed by atoms with Crippen molar-refractivity contribution in [2.45, 2.75) is 45.6 Å². The topological polar surface area (TPSA) is 91.6 Å². The van der Waals surface area contributed by atoms with E-state index in [0.29, 0.717) is 49.0 Å². The number of aromatic nitrogens is 2. The molecule has 9 nitrogen and oxygen atoms in total. The molecule has 0 N–H and O–H groups in total. The van der Waals surface area contributed by atoms with Crippen molar-refractivity contribution in [2.75, 3.05) is 40.0 Å². The third-order valence-electron chi connectivity index (χ3n) is 7.53. The van der Waals surface area contributed by atoms with Crippen LogP contribution in [0, 0.1) is 11.8 Å². The van der Waals surface area contributed by atoms with E-state index in [9.17, 15) is 18.4 Å². The number of hydrogen-bond acceptors (Lipinski definition) is 8. The van der Waals surface area contributed by atoms with Crippen molar-refractivity contribution in [3.05, 3.63) is 42.2 Å². The van der Waals surface area contributed by atoms with Crippen LogP contribution in [0.2, 0.25) is 0 Å². The van der Waals surface area contributed by atoms with Gasteiger partial charge in [-0.1, -0.05) is 0 Å². The lowest BCUT2D eigenvalue weighted by Gasteiger charge is -2.31.